The molecule has 0 radical (unpaired) electrons. The Labute approximate surface area is 127 Å². The van der Waals surface area contributed by atoms with Crippen molar-refractivity contribution in [3.8, 4) is 0 Å². The zero-order valence-electron chi connectivity index (χ0n) is 13.3. The average molecular weight is 289 g/mol. The van der Waals surface area contributed by atoms with Gasteiger partial charge in [0.2, 0.25) is 5.91 Å². The maximum atomic E-state index is 12.5. The second-order valence-corrected chi connectivity index (χ2v) is 5.87. The van der Waals surface area contributed by atoms with Crippen LogP contribution in [0.25, 0.3) is 0 Å². The van der Waals surface area contributed by atoms with Gasteiger partial charge in [0.15, 0.2) is 0 Å². The molecule has 4 nitrogen and oxygen atoms in total. The molecule has 0 fully saturated rings. The summed E-state index contributed by atoms with van der Waals surface area (Å²) >= 11 is 0. The van der Waals surface area contributed by atoms with Crippen LogP contribution in [0.4, 0.5) is 0 Å². The van der Waals surface area contributed by atoms with Gasteiger partial charge in [0.25, 0.3) is 0 Å². The number of nitrogens with zero attached hydrogens (tertiary/aromatic N) is 2. The molecule has 0 bridgehead atoms. The fourth-order valence-electron chi connectivity index (χ4n) is 3.15. The molecule has 0 saturated carbocycles. The number of aromatic nitrogens is 1. The molecule has 1 aromatic heterocycles. The van der Waals surface area contributed by atoms with E-state index >= 15 is 0 Å². The third-order valence-electron chi connectivity index (χ3n) is 4.18. The van der Waals surface area contributed by atoms with E-state index in [-0.39, 0.29) is 5.91 Å². The van der Waals surface area contributed by atoms with Crippen molar-refractivity contribution in [2.75, 3.05) is 13.1 Å². The summed E-state index contributed by atoms with van der Waals surface area (Å²) in [6.07, 6.45) is 8.22. The minimum atomic E-state index is 0.203. The zero-order chi connectivity index (χ0) is 15.2. The number of amides is 1. The van der Waals surface area contributed by atoms with Gasteiger partial charge in [0.05, 0.1) is 5.36 Å². The number of pyridine rings is 1. The van der Waals surface area contributed by atoms with E-state index in [4.69, 9.17) is 5.41 Å². The lowest BCUT2D eigenvalue weighted by Gasteiger charge is -2.25. The Balaban J connectivity index is 2.19. The molecule has 2 rings (SSSR count). The molecule has 0 spiro atoms. The number of hydrogen-bond acceptors (Lipinski definition) is 2. The quantitative estimate of drug-likeness (QED) is 0.859. The molecular formula is C17H27N3O. The minimum Gasteiger partial charge on any atom is -0.342 e. The zero-order valence-corrected chi connectivity index (χ0v) is 13.3. The summed E-state index contributed by atoms with van der Waals surface area (Å²) in [5, 5.41) is 8.67. The lowest BCUT2D eigenvalue weighted by atomic mass is 9.95. The lowest BCUT2D eigenvalue weighted by molar-refractivity contribution is -0.132. The van der Waals surface area contributed by atoms with Crippen molar-refractivity contribution in [1.82, 2.24) is 9.47 Å². The molecule has 0 aliphatic heterocycles. The standard InChI is InChI=1S/C17H27N3O/c1-3-10-19(11-4-2)17(21)13-20-12-9-15(18)14-7-5-6-8-16(14)20/h9,12,18H,3-8,10-11,13H2,1-2H3. The van der Waals surface area contributed by atoms with Crippen molar-refractivity contribution in [3.63, 3.8) is 0 Å². The van der Waals surface area contributed by atoms with E-state index in [1.807, 2.05) is 17.2 Å². The van der Waals surface area contributed by atoms with Gasteiger partial charge in [-0.15, -0.1) is 0 Å². The second-order valence-electron chi connectivity index (χ2n) is 5.87. The first-order valence-electron chi connectivity index (χ1n) is 8.21. The number of fused-ring (bicyclic) bond motifs is 1. The molecular weight excluding hydrogens is 262 g/mol. The summed E-state index contributed by atoms with van der Waals surface area (Å²) in [5.74, 6) is 0.203. The number of nitrogens with one attached hydrogen (secondary N) is 1. The first-order chi connectivity index (χ1) is 10.2. The third kappa shape index (κ3) is 3.74. The number of rotatable bonds is 6. The first kappa shape index (κ1) is 15.8. The Morgan fingerprint density at radius 3 is 2.57 bits per heavy atom. The van der Waals surface area contributed by atoms with Gasteiger partial charge in [-0.05, 0) is 50.2 Å². The van der Waals surface area contributed by atoms with Gasteiger partial charge in [-0.2, -0.15) is 0 Å². The van der Waals surface area contributed by atoms with E-state index in [0.717, 1.165) is 57.2 Å². The van der Waals surface area contributed by atoms with E-state index < -0.39 is 0 Å². The topological polar surface area (TPSA) is 49.1 Å². The van der Waals surface area contributed by atoms with Crippen molar-refractivity contribution in [3.05, 3.63) is 28.9 Å². The molecule has 0 atom stereocenters. The van der Waals surface area contributed by atoms with E-state index in [1.54, 1.807) is 0 Å². The van der Waals surface area contributed by atoms with Crippen LogP contribution in [0.15, 0.2) is 12.3 Å². The monoisotopic (exact) mass is 289 g/mol. The Hall–Kier alpha value is -1.58. The molecule has 1 heterocycles. The van der Waals surface area contributed by atoms with Crippen LogP contribution in [0.1, 0.15) is 50.8 Å². The Bertz CT molecular complexity index is 541. The van der Waals surface area contributed by atoms with Crippen LogP contribution in [-0.2, 0) is 24.2 Å². The number of carbonyl (C=O) groups excluding carboxylic acids is 1. The third-order valence-corrected chi connectivity index (χ3v) is 4.18. The fourth-order valence-corrected chi connectivity index (χ4v) is 3.15. The van der Waals surface area contributed by atoms with Gasteiger partial charge in [-0.1, -0.05) is 13.8 Å². The molecule has 1 amide bonds. The highest BCUT2D eigenvalue weighted by Crippen LogP contribution is 2.18. The SMILES string of the molecule is CCCN(CCC)C(=O)Cn1ccc(=N)c2c1CCCC2. The van der Waals surface area contributed by atoms with Crippen molar-refractivity contribution in [1.29, 1.82) is 5.41 Å². The molecule has 4 heteroatoms. The van der Waals surface area contributed by atoms with Gasteiger partial charge in [0.1, 0.15) is 6.54 Å². The maximum Gasteiger partial charge on any atom is 0.242 e. The normalized spacial score (nSPS) is 13.8. The average Bonchev–Trinajstić information content (AvgIpc) is 2.50. The maximum absolute atomic E-state index is 12.5. The van der Waals surface area contributed by atoms with Crippen molar-refractivity contribution >= 4 is 5.91 Å². The summed E-state index contributed by atoms with van der Waals surface area (Å²) in [6, 6.07) is 1.83. The second kappa shape index (κ2) is 7.43. The highest BCUT2D eigenvalue weighted by atomic mass is 16.2. The molecule has 0 unspecified atom stereocenters. The van der Waals surface area contributed by atoms with Crippen molar-refractivity contribution in [2.24, 2.45) is 0 Å². The van der Waals surface area contributed by atoms with Gasteiger partial charge < -0.3 is 14.9 Å². The van der Waals surface area contributed by atoms with E-state index in [2.05, 4.69) is 18.4 Å². The fraction of sp³-hybridized carbons (Fsp3) is 0.647. The van der Waals surface area contributed by atoms with Gasteiger partial charge in [-0.25, -0.2) is 0 Å². The number of hydrogen-bond donors (Lipinski definition) is 1. The predicted molar refractivity (Wildman–Crippen MR) is 84.1 cm³/mol. The van der Waals surface area contributed by atoms with Crippen LogP contribution in [0, 0.1) is 5.41 Å². The smallest absolute Gasteiger partial charge is 0.242 e. The predicted octanol–water partition coefficient (Wildman–Crippen LogP) is 2.49. The van der Waals surface area contributed by atoms with Crippen LogP contribution in [0.2, 0.25) is 0 Å². The summed E-state index contributed by atoms with van der Waals surface area (Å²) in [4.78, 5) is 14.5. The van der Waals surface area contributed by atoms with Gasteiger partial charge in [0, 0.05) is 25.0 Å². The summed E-state index contributed by atoms with van der Waals surface area (Å²) in [7, 11) is 0. The van der Waals surface area contributed by atoms with Crippen LogP contribution in [-0.4, -0.2) is 28.5 Å². The molecule has 1 aliphatic carbocycles. The molecule has 1 aliphatic rings. The number of carbonyl (C=O) groups is 1. The van der Waals surface area contributed by atoms with E-state index in [1.165, 1.54) is 5.69 Å². The highest BCUT2D eigenvalue weighted by molar-refractivity contribution is 5.76. The molecule has 1 aromatic rings. The van der Waals surface area contributed by atoms with E-state index in [0.29, 0.717) is 11.9 Å². The summed E-state index contributed by atoms with van der Waals surface area (Å²) in [6.45, 7) is 6.32. The lowest BCUT2D eigenvalue weighted by Crippen LogP contribution is -2.36. The van der Waals surface area contributed by atoms with E-state index in [9.17, 15) is 4.79 Å². The molecule has 1 N–H and O–H groups in total. The molecule has 0 saturated heterocycles. The van der Waals surface area contributed by atoms with Crippen LogP contribution >= 0.6 is 0 Å². The summed E-state index contributed by atoms with van der Waals surface area (Å²) in [5.41, 5.74) is 2.35. The largest absolute Gasteiger partial charge is 0.342 e. The Morgan fingerprint density at radius 2 is 1.90 bits per heavy atom. The Morgan fingerprint density at radius 1 is 1.24 bits per heavy atom. The minimum absolute atomic E-state index is 0.203. The molecule has 21 heavy (non-hydrogen) atoms. The first-order valence-corrected chi connectivity index (χ1v) is 8.21. The van der Waals surface area contributed by atoms with Gasteiger partial charge in [-0.3, -0.25) is 4.79 Å². The molecule has 0 aromatic carbocycles. The highest BCUT2D eigenvalue weighted by Gasteiger charge is 2.17. The summed E-state index contributed by atoms with van der Waals surface area (Å²) < 4.78 is 2.08. The van der Waals surface area contributed by atoms with Crippen molar-refractivity contribution in [2.45, 2.75) is 58.9 Å². The van der Waals surface area contributed by atoms with Crippen molar-refractivity contribution < 1.29 is 4.79 Å². The van der Waals surface area contributed by atoms with Crippen LogP contribution in [0.5, 0.6) is 0 Å². The van der Waals surface area contributed by atoms with Gasteiger partial charge >= 0.3 is 0 Å². The van der Waals surface area contributed by atoms with Crippen LogP contribution in [0.3, 0.4) is 0 Å². The molecule has 116 valence electrons. The van der Waals surface area contributed by atoms with Crippen LogP contribution < -0.4 is 5.36 Å². The Kier molecular flexibility index (Phi) is 5.59.